The van der Waals surface area contributed by atoms with Crippen LogP contribution in [0.5, 0.6) is 0 Å². The average Bonchev–Trinajstić information content (AvgIpc) is 3.07. The van der Waals surface area contributed by atoms with Crippen molar-refractivity contribution in [3.8, 4) is 0 Å². The van der Waals surface area contributed by atoms with E-state index in [0.29, 0.717) is 28.8 Å². The Morgan fingerprint density at radius 3 is 2.96 bits per heavy atom. The molecule has 0 fully saturated rings. The molecule has 1 unspecified atom stereocenters. The summed E-state index contributed by atoms with van der Waals surface area (Å²) in [6, 6.07) is 8.18. The lowest BCUT2D eigenvalue weighted by atomic mass is 10.2. The predicted octanol–water partition coefficient (Wildman–Crippen LogP) is 2.80. The van der Waals surface area contributed by atoms with Crippen molar-refractivity contribution >= 4 is 28.7 Å². The van der Waals surface area contributed by atoms with Gasteiger partial charge in [-0.05, 0) is 36.8 Å². The molecule has 0 aliphatic carbocycles. The zero-order valence-electron chi connectivity index (χ0n) is 12.9. The smallest absolute Gasteiger partial charge is 0.338 e. The Morgan fingerprint density at radius 1 is 1.33 bits per heavy atom. The van der Waals surface area contributed by atoms with Crippen LogP contribution in [0.2, 0.25) is 0 Å². The number of benzene rings is 1. The van der Waals surface area contributed by atoms with Gasteiger partial charge in [0.1, 0.15) is 5.52 Å². The molecule has 3 aromatic rings. The van der Waals surface area contributed by atoms with E-state index in [4.69, 9.17) is 9.15 Å². The highest BCUT2D eigenvalue weighted by molar-refractivity contribution is 5.98. The predicted molar refractivity (Wildman–Crippen MR) is 86.4 cm³/mol. The van der Waals surface area contributed by atoms with Crippen LogP contribution < -0.4 is 5.32 Å². The second kappa shape index (κ2) is 6.91. The van der Waals surface area contributed by atoms with Crippen molar-refractivity contribution in [2.24, 2.45) is 0 Å². The van der Waals surface area contributed by atoms with Crippen molar-refractivity contribution in [1.82, 2.24) is 9.97 Å². The summed E-state index contributed by atoms with van der Waals surface area (Å²) in [6.07, 6.45) is 3.88. The Morgan fingerprint density at radius 2 is 2.21 bits per heavy atom. The van der Waals surface area contributed by atoms with Gasteiger partial charge in [0.05, 0.1) is 17.4 Å². The molecule has 2 heterocycles. The summed E-state index contributed by atoms with van der Waals surface area (Å²) in [5.41, 5.74) is 1.98. The van der Waals surface area contributed by atoms with Gasteiger partial charge < -0.3 is 14.5 Å². The second-order valence-corrected chi connectivity index (χ2v) is 5.07. The molecule has 0 bridgehead atoms. The largest absolute Gasteiger partial charge is 0.449 e. The van der Waals surface area contributed by atoms with Crippen LogP contribution in [0.4, 0.5) is 5.69 Å². The zero-order chi connectivity index (χ0) is 16.9. The molecule has 0 aliphatic heterocycles. The molecule has 7 heteroatoms. The van der Waals surface area contributed by atoms with Crippen LogP contribution in [-0.4, -0.2) is 27.9 Å². The van der Waals surface area contributed by atoms with Crippen LogP contribution in [0.1, 0.15) is 23.7 Å². The van der Waals surface area contributed by atoms with E-state index in [1.54, 1.807) is 43.5 Å². The first-order chi connectivity index (χ1) is 11.7. The van der Waals surface area contributed by atoms with Crippen molar-refractivity contribution in [3.63, 3.8) is 0 Å². The SMILES string of the molecule is CCC(OC(=O)c1ccc2ocnc2c1)C(=O)Nc1cccnc1. The number of nitrogens with one attached hydrogen (secondary N) is 1. The first-order valence-corrected chi connectivity index (χ1v) is 7.42. The summed E-state index contributed by atoms with van der Waals surface area (Å²) in [5.74, 6) is -0.991. The second-order valence-electron chi connectivity index (χ2n) is 5.07. The molecule has 0 saturated heterocycles. The number of carbonyl (C=O) groups excluding carboxylic acids is 2. The summed E-state index contributed by atoms with van der Waals surface area (Å²) in [7, 11) is 0. The van der Waals surface area contributed by atoms with Crippen LogP contribution in [0.25, 0.3) is 11.1 Å². The minimum absolute atomic E-state index is 0.309. The molecule has 0 spiro atoms. The Hall–Kier alpha value is -3.22. The highest BCUT2D eigenvalue weighted by Crippen LogP contribution is 2.16. The first kappa shape index (κ1) is 15.7. The summed E-state index contributed by atoms with van der Waals surface area (Å²) >= 11 is 0. The highest BCUT2D eigenvalue weighted by Gasteiger charge is 2.22. The van der Waals surface area contributed by atoms with E-state index < -0.39 is 18.0 Å². The number of esters is 1. The fraction of sp³-hybridized carbons (Fsp3) is 0.176. The fourth-order valence-corrected chi connectivity index (χ4v) is 2.16. The molecule has 1 aromatic carbocycles. The molecule has 24 heavy (non-hydrogen) atoms. The molecule has 0 radical (unpaired) electrons. The monoisotopic (exact) mass is 325 g/mol. The molecule has 1 amide bonds. The van der Waals surface area contributed by atoms with Crippen LogP contribution in [0, 0.1) is 0 Å². The lowest BCUT2D eigenvalue weighted by molar-refractivity contribution is -0.124. The maximum Gasteiger partial charge on any atom is 0.338 e. The summed E-state index contributed by atoms with van der Waals surface area (Å²) in [5, 5.41) is 2.67. The van der Waals surface area contributed by atoms with Crippen molar-refractivity contribution in [2.45, 2.75) is 19.4 Å². The number of nitrogens with zero attached hydrogens (tertiary/aromatic N) is 2. The molecular formula is C17H15N3O4. The van der Waals surface area contributed by atoms with E-state index in [1.165, 1.54) is 12.6 Å². The summed E-state index contributed by atoms with van der Waals surface area (Å²) < 4.78 is 10.4. The minimum atomic E-state index is -0.897. The summed E-state index contributed by atoms with van der Waals surface area (Å²) in [6.45, 7) is 1.77. The molecular weight excluding hydrogens is 310 g/mol. The molecule has 1 N–H and O–H groups in total. The lowest BCUT2D eigenvalue weighted by Gasteiger charge is -2.16. The third kappa shape index (κ3) is 3.40. The normalized spacial score (nSPS) is 11.9. The Kier molecular flexibility index (Phi) is 4.51. The number of pyridine rings is 1. The number of fused-ring (bicyclic) bond motifs is 1. The van der Waals surface area contributed by atoms with Crippen LogP contribution in [0.3, 0.4) is 0 Å². The van der Waals surface area contributed by atoms with Crippen LogP contribution >= 0.6 is 0 Å². The van der Waals surface area contributed by atoms with Gasteiger partial charge in [-0.25, -0.2) is 9.78 Å². The number of carbonyl (C=O) groups is 2. The molecule has 1 atom stereocenters. The Bertz CT molecular complexity index is 860. The number of hydrogen-bond donors (Lipinski definition) is 1. The minimum Gasteiger partial charge on any atom is -0.449 e. The molecule has 0 saturated carbocycles. The number of ether oxygens (including phenoxy) is 1. The van der Waals surface area contributed by atoms with Gasteiger partial charge >= 0.3 is 5.97 Å². The Balaban J connectivity index is 1.69. The quantitative estimate of drug-likeness (QED) is 0.725. The molecule has 2 aromatic heterocycles. The zero-order valence-corrected chi connectivity index (χ0v) is 12.9. The van der Waals surface area contributed by atoms with Gasteiger partial charge in [-0.15, -0.1) is 0 Å². The van der Waals surface area contributed by atoms with Crippen LogP contribution in [0.15, 0.2) is 53.5 Å². The number of hydrogen-bond acceptors (Lipinski definition) is 6. The third-order valence-electron chi connectivity index (χ3n) is 3.41. The molecule has 3 rings (SSSR count). The summed E-state index contributed by atoms with van der Waals surface area (Å²) in [4.78, 5) is 32.4. The van der Waals surface area contributed by atoms with Gasteiger partial charge in [0.15, 0.2) is 18.1 Å². The van der Waals surface area contributed by atoms with E-state index in [0.717, 1.165) is 0 Å². The van der Waals surface area contributed by atoms with Gasteiger partial charge in [-0.1, -0.05) is 6.92 Å². The number of amides is 1. The van der Waals surface area contributed by atoms with Gasteiger partial charge in [-0.3, -0.25) is 9.78 Å². The first-order valence-electron chi connectivity index (χ1n) is 7.42. The standard InChI is InChI=1S/C17H15N3O4/c1-2-14(16(21)20-12-4-3-7-18-9-12)24-17(22)11-5-6-15-13(8-11)19-10-23-15/h3-10,14H,2H2,1H3,(H,20,21). The molecule has 0 aliphatic rings. The van der Waals surface area contributed by atoms with Crippen molar-refractivity contribution in [1.29, 1.82) is 0 Å². The molecule has 7 nitrogen and oxygen atoms in total. The van der Waals surface area contributed by atoms with Gasteiger partial charge in [0.2, 0.25) is 0 Å². The van der Waals surface area contributed by atoms with Gasteiger partial charge in [0.25, 0.3) is 5.91 Å². The number of rotatable bonds is 5. The van der Waals surface area contributed by atoms with Crippen molar-refractivity contribution in [2.75, 3.05) is 5.32 Å². The molecule has 122 valence electrons. The Labute approximate surface area is 137 Å². The van der Waals surface area contributed by atoms with Crippen molar-refractivity contribution in [3.05, 3.63) is 54.7 Å². The third-order valence-corrected chi connectivity index (χ3v) is 3.41. The van der Waals surface area contributed by atoms with E-state index in [-0.39, 0.29) is 0 Å². The number of oxazole rings is 1. The highest BCUT2D eigenvalue weighted by atomic mass is 16.5. The maximum absolute atomic E-state index is 12.3. The topological polar surface area (TPSA) is 94.3 Å². The van der Waals surface area contributed by atoms with E-state index in [9.17, 15) is 9.59 Å². The van der Waals surface area contributed by atoms with Gasteiger partial charge in [0, 0.05) is 6.20 Å². The fourth-order valence-electron chi connectivity index (χ4n) is 2.16. The van der Waals surface area contributed by atoms with Gasteiger partial charge in [-0.2, -0.15) is 0 Å². The number of anilines is 1. The van der Waals surface area contributed by atoms with Crippen molar-refractivity contribution < 1.29 is 18.7 Å². The average molecular weight is 325 g/mol. The lowest BCUT2D eigenvalue weighted by Crippen LogP contribution is -2.32. The van der Waals surface area contributed by atoms with E-state index in [1.807, 2.05) is 0 Å². The number of aromatic nitrogens is 2. The van der Waals surface area contributed by atoms with Crippen LogP contribution in [-0.2, 0) is 9.53 Å². The van der Waals surface area contributed by atoms with E-state index in [2.05, 4.69) is 15.3 Å². The maximum atomic E-state index is 12.3. The van der Waals surface area contributed by atoms with E-state index >= 15 is 0 Å².